The highest BCUT2D eigenvalue weighted by molar-refractivity contribution is 7.88. The molecule has 0 saturated carbocycles. The molecule has 2 N–H and O–H groups in total. The van der Waals surface area contributed by atoms with Crippen LogP contribution in [0.3, 0.4) is 0 Å². The van der Waals surface area contributed by atoms with Crippen LogP contribution in [0.5, 0.6) is 0 Å². The maximum Gasteiger partial charge on any atom is 0.275 e. The molecule has 1 heterocycles. The number of hydrogen-bond acceptors (Lipinski definition) is 4. The summed E-state index contributed by atoms with van der Waals surface area (Å²) >= 11 is 11.5. The average Bonchev–Trinajstić information content (AvgIpc) is 2.36. The minimum atomic E-state index is -3.66. The van der Waals surface area contributed by atoms with Crippen molar-refractivity contribution >= 4 is 39.1 Å². The van der Waals surface area contributed by atoms with Crippen molar-refractivity contribution in [1.29, 1.82) is 0 Å². The van der Waals surface area contributed by atoms with Crippen LogP contribution in [0.1, 0.15) is 12.0 Å². The molecule has 1 saturated heterocycles. The summed E-state index contributed by atoms with van der Waals surface area (Å²) in [5.74, 6) is -0.824. The number of nitrogens with one attached hydrogen (secondary N) is 2. The van der Waals surface area contributed by atoms with E-state index in [1.165, 1.54) is 0 Å². The molecule has 1 aromatic carbocycles. The molecular weight excluding hydrogens is 325 g/mol. The first-order valence-electron chi connectivity index (χ1n) is 5.74. The predicted molar refractivity (Wildman–Crippen MR) is 75.5 cm³/mol. The smallest absolute Gasteiger partial charge is 0.270 e. The molecule has 109 valence electrons. The van der Waals surface area contributed by atoms with Crippen LogP contribution in [0.25, 0.3) is 0 Å². The van der Waals surface area contributed by atoms with Gasteiger partial charge in [0, 0.05) is 11.4 Å². The first-order valence-corrected chi connectivity index (χ1v) is 8.21. The molecule has 20 heavy (non-hydrogen) atoms. The maximum absolute atomic E-state index is 12.0. The second kappa shape index (κ2) is 6.28. The van der Waals surface area contributed by atoms with Gasteiger partial charge in [0.25, 0.3) is 5.91 Å². The van der Waals surface area contributed by atoms with Gasteiger partial charge >= 0.3 is 0 Å². The van der Waals surface area contributed by atoms with Gasteiger partial charge in [0.2, 0.25) is 10.0 Å². The van der Waals surface area contributed by atoms with E-state index in [9.17, 15) is 13.2 Å². The number of nitrogens with zero attached hydrogens (tertiary/aromatic N) is 1. The summed E-state index contributed by atoms with van der Waals surface area (Å²) in [4.78, 5) is 11.5. The molecule has 1 aliphatic heterocycles. The Morgan fingerprint density at radius 1 is 1.35 bits per heavy atom. The number of halogens is 2. The molecule has 2 rings (SSSR count). The van der Waals surface area contributed by atoms with Gasteiger partial charge in [-0.1, -0.05) is 23.7 Å². The molecule has 2 unspecified atom stereocenters. The third-order valence-corrected chi connectivity index (χ3v) is 4.53. The van der Waals surface area contributed by atoms with Crippen LogP contribution in [-0.2, 0) is 20.6 Å². The molecule has 0 bridgehead atoms. The second-order valence-electron chi connectivity index (χ2n) is 4.34. The number of rotatable bonds is 4. The lowest BCUT2D eigenvalue weighted by atomic mass is 10.2. The molecule has 0 spiro atoms. The standard InChI is InChI=1S/C11H12Cl2N3O3S/c12-8-3-1-7(2-4-8)6-20(18,19)16-9-5-10(13)14-15-11(9)17/h1-4,9-10,14,16H,5-6H2. The summed E-state index contributed by atoms with van der Waals surface area (Å²) in [5, 5.41) is 0.524. The number of alkyl halides is 1. The zero-order valence-corrected chi connectivity index (χ0v) is 12.5. The number of carbonyl (C=O) groups is 1. The summed E-state index contributed by atoms with van der Waals surface area (Å²) in [6, 6.07) is 5.50. The van der Waals surface area contributed by atoms with Crippen molar-refractivity contribution in [2.75, 3.05) is 0 Å². The van der Waals surface area contributed by atoms with Crippen molar-refractivity contribution in [3.05, 3.63) is 34.9 Å². The summed E-state index contributed by atoms with van der Waals surface area (Å²) in [5.41, 5.74) is 5.82. The summed E-state index contributed by atoms with van der Waals surface area (Å²) in [7, 11) is -3.66. The van der Waals surface area contributed by atoms with Gasteiger partial charge in [0.1, 0.15) is 11.5 Å². The van der Waals surface area contributed by atoms with Gasteiger partial charge in [-0.2, -0.15) is 10.9 Å². The Morgan fingerprint density at radius 3 is 2.65 bits per heavy atom. The topological polar surface area (TPSA) is 89.4 Å². The van der Waals surface area contributed by atoms with E-state index in [2.05, 4.69) is 15.6 Å². The predicted octanol–water partition coefficient (Wildman–Crippen LogP) is 0.732. The zero-order valence-electron chi connectivity index (χ0n) is 10.2. The Labute approximate surface area is 126 Å². The van der Waals surface area contributed by atoms with E-state index in [-0.39, 0.29) is 12.2 Å². The summed E-state index contributed by atoms with van der Waals surface area (Å²) in [6.45, 7) is 0. The van der Waals surface area contributed by atoms with Crippen molar-refractivity contribution in [3.63, 3.8) is 0 Å². The molecule has 0 aromatic heterocycles. The van der Waals surface area contributed by atoms with Crippen LogP contribution in [0.15, 0.2) is 24.3 Å². The fourth-order valence-electron chi connectivity index (χ4n) is 1.73. The van der Waals surface area contributed by atoms with E-state index in [0.717, 1.165) is 0 Å². The number of sulfonamides is 1. The fourth-order valence-corrected chi connectivity index (χ4v) is 3.43. The van der Waals surface area contributed by atoms with E-state index in [1.807, 2.05) is 0 Å². The van der Waals surface area contributed by atoms with Crippen molar-refractivity contribution in [2.24, 2.45) is 0 Å². The lowest BCUT2D eigenvalue weighted by Crippen LogP contribution is -2.55. The summed E-state index contributed by atoms with van der Waals surface area (Å²) in [6.07, 6.45) is 0.143. The molecule has 1 aromatic rings. The highest BCUT2D eigenvalue weighted by Crippen LogP contribution is 2.13. The average molecular weight is 337 g/mol. The lowest BCUT2D eigenvalue weighted by Gasteiger charge is -2.24. The van der Waals surface area contributed by atoms with Gasteiger partial charge in [-0.15, -0.1) is 11.6 Å². The molecule has 1 amide bonds. The monoisotopic (exact) mass is 336 g/mol. The molecule has 1 fully saturated rings. The molecule has 0 aliphatic carbocycles. The second-order valence-corrected chi connectivity index (χ2v) is 7.06. The quantitative estimate of drug-likeness (QED) is 0.626. The van der Waals surface area contributed by atoms with Gasteiger partial charge in [0.15, 0.2) is 0 Å². The third kappa shape index (κ3) is 4.32. The first kappa shape index (κ1) is 15.5. The number of benzene rings is 1. The Bertz CT molecular complexity index is 591. The van der Waals surface area contributed by atoms with Gasteiger partial charge in [-0.3, -0.25) is 4.79 Å². The highest BCUT2D eigenvalue weighted by Gasteiger charge is 2.32. The molecule has 2 atom stereocenters. The van der Waals surface area contributed by atoms with E-state index < -0.39 is 27.5 Å². The van der Waals surface area contributed by atoms with Crippen molar-refractivity contribution in [1.82, 2.24) is 15.6 Å². The third-order valence-electron chi connectivity index (χ3n) is 2.65. The van der Waals surface area contributed by atoms with Gasteiger partial charge < -0.3 is 0 Å². The van der Waals surface area contributed by atoms with Gasteiger partial charge in [-0.05, 0) is 17.7 Å². The van der Waals surface area contributed by atoms with E-state index in [1.54, 1.807) is 24.3 Å². The van der Waals surface area contributed by atoms with Crippen LogP contribution in [0.2, 0.25) is 5.02 Å². The van der Waals surface area contributed by atoms with Crippen LogP contribution >= 0.6 is 23.2 Å². The molecule has 6 nitrogen and oxygen atoms in total. The normalized spacial score (nSPS) is 23.4. The minimum absolute atomic E-state index is 0.143. The molecule has 1 aliphatic rings. The van der Waals surface area contributed by atoms with Crippen LogP contribution in [-0.4, -0.2) is 25.9 Å². The number of amides is 1. The van der Waals surface area contributed by atoms with E-state index in [4.69, 9.17) is 23.2 Å². The van der Waals surface area contributed by atoms with Crippen molar-refractivity contribution in [2.45, 2.75) is 23.7 Å². The maximum atomic E-state index is 12.0. The van der Waals surface area contributed by atoms with Gasteiger partial charge in [-0.25, -0.2) is 13.1 Å². The van der Waals surface area contributed by atoms with Crippen LogP contribution < -0.4 is 15.6 Å². The fraction of sp³-hybridized carbons (Fsp3) is 0.364. The SMILES string of the molecule is O=C1[N]NC(Cl)CC1NS(=O)(=O)Cc1ccc(Cl)cc1. The van der Waals surface area contributed by atoms with Crippen LogP contribution in [0, 0.1) is 0 Å². The molecular formula is C11H12Cl2N3O3S. The molecule has 1 radical (unpaired) electrons. The van der Waals surface area contributed by atoms with Crippen molar-refractivity contribution < 1.29 is 13.2 Å². The van der Waals surface area contributed by atoms with Crippen LogP contribution in [0.4, 0.5) is 0 Å². The summed E-state index contributed by atoms with van der Waals surface area (Å²) < 4.78 is 26.3. The molecule has 9 heteroatoms. The highest BCUT2D eigenvalue weighted by atomic mass is 35.5. The Hall–Kier alpha value is -0.860. The number of hydrogen-bond donors (Lipinski definition) is 2. The number of carbonyl (C=O) groups excluding carboxylic acids is 1. The zero-order chi connectivity index (χ0) is 14.8. The minimum Gasteiger partial charge on any atom is -0.270 e. The lowest BCUT2D eigenvalue weighted by molar-refractivity contribution is -0.125. The first-order chi connectivity index (χ1) is 9.35. The Kier molecular flexibility index (Phi) is 4.87. The Balaban J connectivity index is 2.03. The van der Waals surface area contributed by atoms with E-state index in [0.29, 0.717) is 10.6 Å². The van der Waals surface area contributed by atoms with Gasteiger partial charge in [0.05, 0.1) is 5.75 Å². The largest absolute Gasteiger partial charge is 0.275 e. The van der Waals surface area contributed by atoms with E-state index >= 15 is 0 Å². The Morgan fingerprint density at radius 2 is 2.00 bits per heavy atom. The van der Waals surface area contributed by atoms with Crippen molar-refractivity contribution in [3.8, 4) is 0 Å².